The molecule has 1 N–H and O–H groups in total. The molecule has 0 spiro atoms. The summed E-state index contributed by atoms with van der Waals surface area (Å²) in [7, 11) is 1.51. The van der Waals surface area contributed by atoms with E-state index in [0.717, 1.165) is 6.07 Å². The van der Waals surface area contributed by atoms with E-state index in [9.17, 15) is 18.4 Å². The van der Waals surface area contributed by atoms with Crippen molar-refractivity contribution in [2.24, 2.45) is 4.99 Å². The predicted molar refractivity (Wildman–Crippen MR) is 72.1 cm³/mol. The molecule has 0 aliphatic heterocycles. The van der Waals surface area contributed by atoms with Gasteiger partial charge in [0.2, 0.25) is 0 Å². The third kappa shape index (κ3) is 6.03. The van der Waals surface area contributed by atoms with Gasteiger partial charge in [-0.05, 0) is 19.1 Å². The molecule has 20 heavy (non-hydrogen) atoms. The number of rotatable bonds is 4. The van der Waals surface area contributed by atoms with E-state index < -0.39 is 11.6 Å². The van der Waals surface area contributed by atoms with Gasteiger partial charge < -0.3 is 10.1 Å². The maximum Gasteiger partial charge on any atom is 0.302 e. The fourth-order valence-corrected chi connectivity index (χ4v) is 1.14. The molecule has 1 aromatic carbocycles. The van der Waals surface area contributed by atoms with Crippen LogP contribution in [0.1, 0.15) is 24.2 Å². The van der Waals surface area contributed by atoms with Gasteiger partial charge in [0, 0.05) is 14.0 Å². The van der Waals surface area contributed by atoms with E-state index in [1.54, 1.807) is 6.92 Å². The Morgan fingerprint density at radius 3 is 2.50 bits per heavy atom. The molecule has 1 rings (SSSR count). The normalized spacial score (nSPS) is 9.65. The lowest BCUT2D eigenvalue weighted by Crippen LogP contribution is -2.02. The van der Waals surface area contributed by atoms with Crippen LogP contribution in [0.15, 0.2) is 17.1 Å². The van der Waals surface area contributed by atoms with Crippen molar-refractivity contribution in [2.75, 3.05) is 19.0 Å². The lowest BCUT2D eigenvalue weighted by Gasteiger charge is -2.04. The number of halogens is 2. The number of carbonyl (C=O) groups excluding carboxylic acids is 2. The molecule has 0 saturated heterocycles. The quantitative estimate of drug-likeness (QED) is 0.399. The van der Waals surface area contributed by atoms with E-state index in [0.29, 0.717) is 6.61 Å². The second-order valence-corrected chi connectivity index (χ2v) is 3.40. The van der Waals surface area contributed by atoms with Gasteiger partial charge in [0.15, 0.2) is 17.9 Å². The van der Waals surface area contributed by atoms with Crippen LogP contribution in [0, 0.1) is 11.6 Å². The van der Waals surface area contributed by atoms with Gasteiger partial charge in [-0.15, -0.1) is 0 Å². The Morgan fingerprint density at radius 2 is 2.10 bits per heavy atom. The number of hydrogen-bond donors (Lipinski definition) is 1. The average molecular weight is 286 g/mol. The molecular formula is C13H16F2N2O3. The second-order valence-electron chi connectivity index (χ2n) is 3.40. The highest BCUT2D eigenvalue weighted by molar-refractivity contribution is 5.89. The zero-order valence-electron chi connectivity index (χ0n) is 11.4. The van der Waals surface area contributed by atoms with Crippen LogP contribution in [0.2, 0.25) is 0 Å². The number of nitrogens with one attached hydrogen (secondary N) is 1. The van der Waals surface area contributed by atoms with E-state index in [2.05, 4.69) is 15.0 Å². The van der Waals surface area contributed by atoms with Gasteiger partial charge >= 0.3 is 5.97 Å². The summed E-state index contributed by atoms with van der Waals surface area (Å²) in [6.07, 6.45) is 1.53. The standard InChI is InChI=1S/C9H8F2N2O.C4H8O2/c1-12-5-13-8-3-2-7(10)9(11)6(8)4-14;1-3-6-4(2)5/h2-5H,1H3,(H,12,13);3H2,1-2H3. The Balaban J connectivity index is 0.000000511. The van der Waals surface area contributed by atoms with Gasteiger partial charge in [-0.25, -0.2) is 8.78 Å². The molecule has 0 aliphatic rings. The summed E-state index contributed by atoms with van der Waals surface area (Å²) in [4.78, 5) is 23.9. The van der Waals surface area contributed by atoms with Gasteiger partial charge in [-0.1, -0.05) is 0 Å². The number of nitrogens with zero attached hydrogens (tertiary/aromatic N) is 1. The van der Waals surface area contributed by atoms with Crippen LogP contribution >= 0.6 is 0 Å². The molecule has 0 aliphatic carbocycles. The highest BCUT2D eigenvalue weighted by Gasteiger charge is 2.11. The first-order valence-corrected chi connectivity index (χ1v) is 5.71. The number of esters is 1. The van der Waals surface area contributed by atoms with E-state index in [1.807, 2.05) is 0 Å². The van der Waals surface area contributed by atoms with Crippen LogP contribution in [0.4, 0.5) is 14.5 Å². The van der Waals surface area contributed by atoms with Crippen molar-refractivity contribution in [1.82, 2.24) is 0 Å². The minimum absolute atomic E-state index is 0.185. The summed E-state index contributed by atoms with van der Waals surface area (Å²) < 4.78 is 30.1. The fraction of sp³-hybridized carbons (Fsp3) is 0.308. The van der Waals surface area contributed by atoms with Crippen molar-refractivity contribution in [3.05, 3.63) is 29.3 Å². The zero-order chi connectivity index (χ0) is 15.5. The van der Waals surface area contributed by atoms with E-state index >= 15 is 0 Å². The van der Waals surface area contributed by atoms with E-state index in [1.165, 1.54) is 26.4 Å². The van der Waals surface area contributed by atoms with Crippen LogP contribution in [0.3, 0.4) is 0 Å². The summed E-state index contributed by atoms with van der Waals surface area (Å²) in [6.45, 7) is 3.65. The summed E-state index contributed by atoms with van der Waals surface area (Å²) in [5.41, 5.74) is -0.158. The summed E-state index contributed by atoms with van der Waals surface area (Å²) >= 11 is 0. The van der Waals surface area contributed by atoms with Crippen molar-refractivity contribution in [3.63, 3.8) is 0 Å². The van der Waals surface area contributed by atoms with Crippen LogP contribution in [0.5, 0.6) is 0 Å². The summed E-state index contributed by atoms with van der Waals surface area (Å²) in [5, 5.41) is 2.55. The third-order valence-electron chi connectivity index (χ3n) is 1.95. The molecule has 0 heterocycles. The van der Waals surface area contributed by atoms with Crippen LogP contribution in [-0.2, 0) is 9.53 Å². The van der Waals surface area contributed by atoms with Gasteiger partial charge in [0.1, 0.15) is 0 Å². The monoisotopic (exact) mass is 286 g/mol. The molecule has 0 unspecified atom stereocenters. The number of anilines is 1. The molecule has 0 aromatic heterocycles. The Bertz CT molecular complexity index is 491. The first-order chi connectivity index (χ1) is 9.47. The maximum absolute atomic E-state index is 13.0. The fourth-order valence-electron chi connectivity index (χ4n) is 1.14. The van der Waals surface area contributed by atoms with Gasteiger partial charge in [0.25, 0.3) is 0 Å². The lowest BCUT2D eigenvalue weighted by molar-refractivity contribution is -0.140. The molecule has 0 amide bonds. The predicted octanol–water partition coefficient (Wildman–Crippen LogP) is 2.42. The van der Waals surface area contributed by atoms with E-state index in [-0.39, 0.29) is 23.5 Å². The van der Waals surface area contributed by atoms with E-state index in [4.69, 9.17) is 0 Å². The smallest absolute Gasteiger partial charge is 0.302 e. The molecular weight excluding hydrogens is 270 g/mol. The number of carbonyl (C=O) groups is 2. The van der Waals surface area contributed by atoms with Gasteiger partial charge in [-0.2, -0.15) is 0 Å². The zero-order valence-corrected chi connectivity index (χ0v) is 11.4. The Labute approximate surface area is 115 Å². The molecule has 0 radical (unpaired) electrons. The van der Waals surface area contributed by atoms with Crippen LogP contribution < -0.4 is 5.32 Å². The van der Waals surface area contributed by atoms with Crippen LogP contribution in [0.25, 0.3) is 0 Å². The minimum atomic E-state index is -1.16. The topological polar surface area (TPSA) is 67.8 Å². The van der Waals surface area contributed by atoms with Crippen molar-refractivity contribution in [1.29, 1.82) is 0 Å². The Hall–Kier alpha value is -2.31. The summed E-state index contributed by atoms with van der Waals surface area (Å²) in [6, 6.07) is 2.21. The molecule has 110 valence electrons. The Morgan fingerprint density at radius 1 is 1.45 bits per heavy atom. The van der Waals surface area contributed by atoms with Crippen LogP contribution in [-0.4, -0.2) is 32.2 Å². The Kier molecular flexibility index (Phi) is 8.49. The molecule has 0 saturated carbocycles. The molecule has 5 nitrogen and oxygen atoms in total. The highest BCUT2D eigenvalue weighted by atomic mass is 19.2. The SMILES string of the molecule is CCOC(C)=O.CN=CNc1ccc(F)c(F)c1C=O. The molecule has 1 aromatic rings. The maximum atomic E-state index is 13.0. The largest absolute Gasteiger partial charge is 0.466 e. The first kappa shape index (κ1) is 17.7. The third-order valence-corrected chi connectivity index (χ3v) is 1.95. The van der Waals surface area contributed by atoms with Crippen molar-refractivity contribution < 1.29 is 23.1 Å². The lowest BCUT2D eigenvalue weighted by atomic mass is 10.2. The second kappa shape index (κ2) is 9.60. The number of aldehydes is 1. The van der Waals surface area contributed by atoms with Gasteiger partial charge in [0.05, 0.1) is 24.2 Å². The number of hydrogen-bond acceptors (Lipinski definition) is 4. The minimum Gasteiger partial charge on any atom is -0.466 e. The van der Waals surface area contributed by atoms with Crippen molar-refractivity contribution >= 4 is 24.3 Å². The highest BCUT2D eigenvalue weighted by Crippen LogP contribution is 2.18. The first-order valence-electron chi connectivity index (χ1n) is 5.71. The van der Waals surface area contributed by atoms with Crippen molar-refractivity contribution in [2.45, 2.75) is 13.8 Å². The van der Waals surface area contributed by atoms with Crippen molar-refractivity contribution in [3.8, 4) is 0 Å². The molecule has 0 atom stereocenters. The summed E-state index contributed by atoms with van der Waals surface area (Å²) in [5.74, 6) is -2.42. The molecule has 7 heteroatoms. The molecule has 0 bridgehead atoms. The number of ether oxygens (including phenoxy) is 1. The average Bonchev–Trinajstić information content (AvgIpc) is 2.40. The molecule has 0 fully saturated rings. The number of benzene rings is 1. The van der Waals surface area contributed by atoms with Gasteiger partial charge in [-0.3, -0.25) is 14.6 Å². The number of aliphatic imine (C=N–C) groups is 1.